The molecule has 1 heterocycles. The van der Waals surface area contributed by atoms with Gasteiger partial charge in [-0.2, -0.15) is 10.5 Å². The van der Waals surface area contributed by atoms with Gasteiger partial charge in [-0.15, -0.1) is 0 Å². The first-order chi connectivity index (χ1) is 7.35. The average molecular weight is 201 g/mol. The molecular formula is C10H11N5. The van der Waals surface area contributed by atoms with Crippen molar-refractivity contribution in [3.8, 4) is 12.1 Å². The molecule has 5 nitrogen and oxygen atoms in total. The summed E-state index contributed by atoms with van der Waals surface area (Å²) in [6, 6.07) is 4.56. The third kappa shape index (κ3) is 2.15. The number of hydrogen-bond donors (Lipinski definition) is 1. The highest BCUT2D eigenvalue weighted by Gasteiger charge is 2.20. The molecule has 1 aliphatic rings. The van der Waals surface area contributed by atoms with Crippen molar-refractivity contribution in [3.05, 3.63) is 17.7 Å². The smallest absolute Gasteiger partial charge is 0.176 e. The fraction of sp³-hybridized carbons (Fsp3) is 0.500. The molecule has 0 aliphatic heterocycles. The maximum absolute atomic E-state index is 8.86. The molecule has 1 fully saturated rings. The van der Waals surface area contributed by atoms with Gasteiger partial charge >= 0.3 is 0 Å². The third-order valence-corrected chi connectivity index (χ3v) is 2.41. The van der Waals surface area contributed by atoms with Crippen molar-refractivity contribution in [3.63, 3.8) is 0 Å². The van der Waals surface area contributed by atoms with Gasteiger partial charge in [0.1, 0.15) is 12.1 Å². The van der Waals surface area contributed by atoms with Gasteiger partial charge in [0.2, 0.25) is 0 Å². The van der Waals surface area contributed by atoms with Gasteiger partial charge in [0.25, 0.3) is 0 Å². The Bertz CT molecular complexity index is 430. The van der Waals surface area contributed by atoms with Gasteiger partial charge in [0.15, 0.2) is 11.4 Å². The van der Waals surface area contributed by atoms with E-state index in [1.807, 2.05) is 12.1 Å². The zero-order chi connectivity index (χ0) is 10.7. The summed E-state index contributed by atoms with van der Waals surface area (Å²) in [5, 5.41) is 20.9. The van der Waals surface area contributed by atoms with Crippen molar-refractivity contribution in [1.29, 1.82) is 10.5 Å². The first-order valence-corrected chi connectivity index (χ1v) is 4.94. The van der Waals surface area contributed by atoms with Crippen LogP contribution in [0.3, 0.4) is 0 Å². The Morgan fingerprint density at radius 3 is 2.87 bits per heavy atom. The average Bonchev–Trinajstić information content (AvgIpc) is 2.98. The van der Waals surface area contributed by atoms with E-state index in [0.29, 0.717) is 18.3 Å². The number of nitrogens with zero attached hydrogens (tertiary/aromatic N) is 4. The topological polar surface area (TPSA) is 77.4 Å². The van der Waals surface area contributed by atoms with E-state index in [1.54, 1.807) is 10.9 Å². The van der Waals surface area contributed by atoms with E-state index in [-0.39, 0.29) is 5.69 Å². The number of nitriles is 2. The predicted molar refractivity (Wildman–Crippen MR) is 52.7 cm³/mol. The number of nitrogens with one attached hydrogen (secondary N) is 1. The minimum Gasteiger partial charge on any atom is -0.320 e. The van der Waals surface area contributed by atoms with Gasteiger partial charge in [0, 0.05) is 19.1 Å². The highest BCUT2D eigenvalue weighted by atomic mass is 15.1. The molecule has 2 rings (SSSR count). The van der Waals surface area contributed by atoms with Gasteiger partial charge < -0.3 is 9.88 Å². The van der Waals surface area contributed by atoms with E-state index >= 15 is 0 Å². The standard InChI is InChI=1S/C10H11N5/c11-5-9-10(6-12)15(7-14-9)4-3-13-8-1-2-8/h7-8,13H,1-4H2. The molecule has 1 saturated carbocycles. The SMILES string of the molecule is N#Cc1ncn(CCNC2CC2)c1C#N. The molecule has 15 heavy (non-hydrogen) atoms. The molecule has 1 aromatic heterocycles. The number of rotatable bonds is 4. The second-order valence-corrected chi connectivity index (χ2v) is 3.59. The van der Waals surface area contributed by atoms with Crippen LogP contribution < -0.4 is 5.32 Å². The number of imidazole rings is 1. The van der Waals surface area contributed by atoms with Crippen molar-refractivity contribution in [1.82, 2.24) is 14.9 Å². The number of aromatic nitrogens is 2. The Morgan fingerprint density at radius 1 is 1.47 bits per heavy atom. The lowest BCUT2D eigenvalue weighted by Crippen LogP contribution is -2.22. The van der Waals surface area contributed by atoms with E-state index in [4.69, 9.17) is 10.5 Å². The monoisotopic (exact) mass is 201 g/mol. The van der Waals surface area contributed by atoms with Crippen LogP contribution in [0, 0.1) is 22.7 Å². The van der Waals surface area contributed by atoms with E-state index in [0.717, 1.165) is 6.54 Å². The minimum absolute atomic E-state index is 0.212. The van der Waals surface area contributed by atoms with Gasteiger partial charge in [-0.3, -0.25) is 0 Å². The summed E-state index contributed by atoms with van der Waals surface area (Å²) in [5.74, 6) is 0. The van der Waals surface area contributed by atoms with Crippen LogP contribution in [-0.2, 0) is 6.54 Å². The molecule has 0 bridgehead atoms. The summed E-state index contributed by atoms with van der Waals surface area (Å²) in [5.41, 5.74) is 0.569. The van der Waals surface area contributed by atoms with E-state index in [2.05, 4.69) is 10.3 Å². The maximum Gasteiger partial charge on any atom is 0.176 e. The van der Waals surface area contributed by atoms with Crippen molar-refractivity contribution in [2.24, 2.45) is 0 Å². The first kappa shape index (κ1) is 9.70. The quantitative estimate of drug-likeness (QED) is 0.763. The zero-order valence-corrected chi connectivity index (χ0v) is 8.27. The Morgan fingerprint density at radius 2 is 2.27 bits per heavy atom. The Kier molecular flexibility index (Phi) is 2.66. The zero-order valence-electron chi connectivity index (χ0n) is 8.27. The highest BCUT2D eigenvalue weighted by molar-refractivity contribution is 5.35. The first-order valence-electron chi connectivity index (χ1n) is 4.94. The predicted octanol–water partition coefficient (Wildman–Crippen LogP) is 0.378. The minimum atomic E-state index is 0.212. The molecular weight excluding hydrogens is 190 g/mol. The Balaban J connectivity index is 1.98. The molecule has 1 aromatic rings. The second kappa shape index (κ2) is 4.12. The van der Waals surface area contributed by atoms with Crippen LogP contribution in [-0.4, -0.2) is 22.1 Å². The van der Waals surface area contributed by atoms with Crippen molar-refractivity contribution >= 4 is 0 Å². The summed E-state index contributed by atoms with van der Waals surface area (Å²) in [7, 11) is 0. The number of hydrogen-bond acceptors (Lipinski definition) is 4. The molecule has 5 heteroatoms. The largest absolute Gasteiger partial charge is 0.320 e. The Hall–Kier alpha value is -1.85. The molecule has 0 unspecified atom stereocenters. The summed E-state index contributed by atoms with van der Waals surface area (Å²) in [6.07, 6.45) is 4.04. The second-order valence-electron chi connectivity index (χ2n) is 3.59. The lowest BCUT2D eigenvalue weighted by Gasteiger charge is -2.04. The molecule has 1 aliphatic carbocycles. The lowest BCUT2D eigenvalue weighted by molar-refractivity contribution is 0.591. The summed E-state index contributed by atoms with van der Waals surface area (Å²) in [6.45, 7) is 1.51. The van der Waals surface area contributed by atoms with Crippen LogP contribution in [0.15, 0.2) is 6.33 Å². The van der Waals surface area contributed by atoms with Crippen molar-refractivity contribution < 1.29 is 0 Å². The van der Waals surface area contributed by atoms with Gasteiger partial charge in [-0.05, 0) is 12.8 Å². The molecule has 0 spiro atoms. The summed E-state index contributed by atoms with van der Waals surface area (Å²) in [4.78, 5) is 3.87. The normalized spacial score (nSPS) is 14.5. The van der Waals surface area contributed by atoms with Crippen LogP contribution in [0.2, 0.25) is 0 Å². The highest BCUT2D eigenvalue weighted by Crippen LogP contribution is 2.18. The van der Waals surface area contributed by atoms with E-state index < -0.39 is 0 Å². The van der Waals surface area contributed by atoms with Crippen LogP contribution in [0.1, 0.15) is 24.2 Å². The molecule has 76 valence electrons. The molecule has 1 N–H and O–H groups in total. The van der Waals surface area contributed by atoms with Gasteiger partial charge in [0.05, 0.1) is 6.33 Å². The van der Waals surface area contributed by atoms with E-state index in [1.165, 1.54) is 12.8 Å². The molecule has 0 aromatic carbocycles. The van der Waals surface area contributed by atoms with Crippen molar-refractivity contribution in [2.45, 2.75) is 25.4 Å². The summed E-state index contributed by atoms with van der Waals surface area (Å²) >= 11 is 0. The molecule has 0 atom stereocenters. The third-order valence-electron chi connectivity index (χ3n) is 2.41. The van der Waals surface area contributed by atoms with Gasteiger partial charge in [-0.25, -0.2) is 4.98 Å². The van der Waals surface area contributed by atoms with Crippen LogP contribution in [0.5, 0.6) is 0 Å². The molecule has 0 radical (unpaired) electrons. The van der Waals surface area contributed by atoms with E-state index in [9.17, 15) is 0 Å². The van der Waals surface area contributed by atoms with Gasteiger partial charge in [-0.1, -0.05) is 0 Å². The summed E-state index contributed by atoms with van der Waals surface area (Å²) < 4.78 is 1.72. The maximum atomic E-state index is 8.86. The van der Waals surface area contributed by atoms with Crippen LogP contribution in [0.25, 0.3) is 0 Å². The molecule has 0 amide bonds. The van der Waals surface area contributed by atoms with Crippen LogP contribution in [0.4, 0.5) is 0 Å². The molecule has 0 saturated heterocycles. The van der Waals surface area contributed by atoms with Crippen LogP contribution >= 0.6 is 0 Å². The van der Waals surface area contributed by atoms with Crippen molar-refractivity contribution in [2.75, 3.05) is 6.54 Å². The fourth-order valence-electron chi connectivity index (χ4n) is 1.43. The lowest BCUT2D eigenvalue weighted by atomic mass is 10.3. The Labute approximate surface area is 88.0 Å². The fourth-order valence-corrected chi connectivity index (χ4v) is 1.43.